The van der Waals surface area contributed by atoms with E-state index in [4.69, 9.17) is 4.74 Å². The molecule has 2 N–H and O–H groups in total. The lowest BCUT2D eigenvalue weighted by atomic mass is 9.76. The van der Waals surface area contributed by atoms with Gasteiger partial charge in [0, 0.05) is 19.1 Å². The number of halogens is 4. The van der Waals surface area contributed by atoms with Gasteiger partial charge < -0.3 is 15.4 Å². The number of amides is 1. The molecule has 1 aliphatic carbocycles. The third-order valence-corrected chi connectivity index (χ3v) is 6.37. The number of hydrogen-bond acceptors (Lipinski definition) is 3. The summed E-state index contributed by atoms with van der Waals surface area (Å²) in [5.74, 6) is -0.154. The highest BCUT2D eigenvalue weighted by molar-refractivity contribution is 5.88. The second kappa shape index (κ2) is 9.67. The van der Waals surface area contributed by atoms with Crippen molar-refractivity contribution in [2.24, 2.45) is 5.41 Å². The van der Waals surface area contributed by atoms with Crippen molar-refractivity contribution in [3.8, 4) is 0 Å². The Morgan fingerprint density at radius 1 is 1.17 bits per heavy atom. The summed E-state index contributed by atoms with van der Waals surface area (Å²) in [6.07, 6.45) is 0.241. The largest absolute Gasteiger partial charge is 0.416 e. The molecular formula is C21H30ClF3N2O2. The molecule has 2 fully saturated rings. The van der Waals surface area contributed by atoms with Gasteiger partial charge in [0.25, 0.3) is 0 Å². The van der Waals surface area contributed by atoms with E-state index in [0.29, 0.717) is 31.6 Å². The number of nitrogens with one attached hydrogen (secondary N) is 2. The number of carbonyl (C=O) groups is 1. The van der Waals surface area contributed by atoms with Crippen LogP contribution in [0.3, 0.4) is 0 Å². The fraction of sp³-hybridized carbons (Fsp3) is 0.667. The number of alkyl halides is 3. The maximum atomic E-state index is 13.3. The lowest BCUT2D eigenvalue weighted by Crippen LogP contribution is -2.51. The zero-order valence-corrected chi connectivity index (χ0v) is 17.6. The number of benzene rings is 1. The molecule has 1 saturated heterocycles. The molecule has 1 aliphatic heterocycles. The first kappa shape index (κ1) is 24.0. The van der Waals surface area contributed by atoms with Crippen LogP contribution in [0.5, 0.6) is 0 Å². The van der Waals surface area contributed by atoms with Crippen LogP contribution in [-0.2, 0) is 21.1 Å². The van der Waals surface area contributed by atoms with Gasteiger partial charge in [0.2, 0.25) is 5.91 Å². The van der Waals surface area contributed by atoms with E-state index in [1.807, 2.05) is 0 Å². The fourth-order valence-electron chi connectivity index (χ4n) is 4.69. The van der Waals surface area contributed by atoms with E-state index in [-0.39, 0.29) is 23.7 Å². The molecule has 0 spiro atoms. The van der Waals surface area contributed by atoms with E-state index < -0.39 is 17.2 Å². The molecule has 0 aromatic heterocycles. The van der Waals surface area contributed by atoms with Crippen molar-refractivity contribution in [2.75, 3.05) is 33.4 Å². The van der Waals surface area contributed by atoms with Gasteiger partial charge in [-0.05, 0) is 50.4 Å². The van der Waals surface area contributed by atoms with Crippen molar-refractivity contribution in [1.82, 2.24) is 10.6 Å². The molecule has 2 aliphatic rings. The number of rotatable bonds is 6. The van der Waals surface area contributed by atoms with Gasteiger partial charge in [0.15, 0.2) is 0 Å². The highest BCUT2D eigenvalue weighted by atomic mass is 35.5. The van der Waals surface area contributed by atoms with E-state index >= 15 is 0 Å². The van der Waals surface area contributed by atoms with Gasteiger partial charge in [-0.3, -0.25) is 4.79 Å². The number of ether oxygens (including phenoxy) is 1. The van der Waals surface area contributed by atoms with E-state index in [2.05, 4.69) is 10.6 Å². The molecular weight excluding hydrogens is 405 g/mol. The van der Waals surface area contributed by atoms with Crippen LogP contribution in [0.1, 0.15) is 49.7 Å². The summed E-state index contributed by atoms with van der Waals surface area (Å²) in [4.78, 5) is 13.3. The third-order valence-electron chi connectivity index (χ3n) is 6.37. The van der Waals surface area contributed by atoms with Crippen LogP contribution >= 0.6 is 12.4 Å². The van der Waals surface area contributed by atoms with Crippen molar-refractivity contribution in [1.29, 1.82) is 0 Å². The summed E-state index contributed by atoms with van der Waals surface area (Å²) < 4.78 is 45.0. The van der Waals surface area contributed by atoms with Gasteiger partial charge in [-0.25, -0.2) is 0 Å². The second-order valence-electron chi connectivity index (χ2n) is 8.23. The van der Waals surface area contributed by atoms with Crippen LogP contribution in [0.2, 0.25) is 0 Å². The average Bonchev–Trinajstić information content (AvgIpc) is 3.18. The van der Waals surface area contributed by atoms with Crippen LogP contribution in [0.4, 0.5) is 13.2 Å². The first-order valence-electron chi connectivity index (χ1n) is 9.97. The minimum Gasteiger partial charge on any atom is -0.384 e. The predicted molar refractivity (Wildman–Crippen MR) is 108 cm³/mol. The molecule has 1 heterocycles. The maximum absolute atomic E-state index is 13.3. The van der Waals surface area contributed by atoms with Gasteiger partial charge in [-0.15, -0.1) is 12.4 Å². The Morgan fingerprint density at radius 2 is 1.83 bits per heavy atom. The first-order valence-corrected chi connectivity index (χ1v) is 9.97. The third kappa shape index (κ3) is 5.25. The molecule has 1 saturated carbocycles. The summed E-state index contributed by atoms with van der Waals surface area (Å²) in [5, 5.41) is 6.41. The molecule has 1 amide bonds. The van der Waals surface area contributed by atoms with Gasteiger partial charge in [0.1, 0.15) is 0 Å². The minimum atomic E-state index is -4.41. The average molecular weight is 435 g/mol. The van der Waals surface area contributed by atoms with Crippen molar-refractivity contribution in [3.63, 3.8) is 0 Å². The molecule has 3 rings (SSSR count). The number of hydrogen-bond donors (Lipinski definition) is 2. The van der Waals surface area contributed by atoms with Gasteiger partial charge in [-0.1, -0.05) is 31.0 Å². The molecule has 0 bridgehead atoms. The molecule has 164 valence electrons. The van der Waals surface area contributed by atoms with Crippen molar-refractivity contribution in [3.05, 3.63) is 35.4 Å². The summed E-state index contributed by atoms with van der Waals surface area (Å²) in [6.45, 7) is 2.80. The molecule has 8 heteroatoms. The predicted octanol–water partition coefficient (Wildman–Crippen LogP) is 4.07. The van der Waals surface area contributed by atoms with E-state index in [1.54, 1.807) is 13.2 Å². The molecule has 1 aromatic carbocycles. The zero-order chi connectivity index (χ0) is 20.3. The van der Waals surface area contributed by atoms with Gasteiger partial charge >= 0.3 is 6.18 Å². The van der Waals surface area contributed by atoms with E-state index in [0.717, 1.165) is 50.9 Å². The molecule has 0 atom stereocenters. The Bertz CT molecular complexity index is 679. The molecule has 4 nitrogen and oxygen atoms in total. The lowest BCUT2D eigenvalue weighted by Gasteiger charge is -2.38. The summed E-state index contributed by atoms with van der Waals surface area (Å²) in [6, 6.07) is 5.29. The Kier molecular flexibility index (Phi) is 7.99. The topological polar surface area (TPSA) is 50.4 Å². The van der Waals surface area contributed by atoms with Crippen molar-refractivity contribution >= 4 is 18.3 Å². The van der Waals surface area contributed by atoms with Crippen LogP contribution in [0, 0.1) is 5.41 Å². The summed E-state index contributed by atoms with van der Waals surface area (Å²) in [7, 11) is 1.66. The van der Waals surface area contributed by atoms with Gasteiger partial charge in [0.05, 0.1) is 17.6 Å². The molecule has 29 heavy (non-hydrogen) atoms. The van der Waals surface area contributed by atoms with Crippen LogP contribution in [-0.4, -0.2) is 39.3 Å². The fourth-order valence-corrected chi connectivity index (χ4v) is 4.69. The van der Waals surface area contributed by atoms with Gasteiger partial charge in [-0.2, -0.15) is 13.2 Å². The SMILES string of the molecule is COCC1(CNC(=O)C2(c3cccc(C(F)(F)F)c3)CCCC2)CCNCC1.Cl. The minimum absolute atomic E-state index is 0. The number of piperidine rings is 1. The summed E-state index contributed by atoms with van der Waals surface area (Å²) >= 11 is 0. The number of carbonyl (C=O) groups excluding carboxylic acids is 1. The molecule has 0 radical (unpaired) electrons. The summed E-state index contributed by atoms with van der Waals surface area (Å²) in [5.41, 5.74) is -1.21. The quantitative estimate of drug-likeness (QED) is 0.709. The van der Waals surface area contributed by atoms with Crippen molar-refractivity contribution in [2.45, 2.75) is 50.1 Å². The van der Waals surface area contributed by atoms with E-state index in [1.165, 1.54) is 6.07 Å². The highest BCUT2D eigenvalue weighted by Crippen LogP contribution is 2.43. The Hall–Kier alpha value is -1.31. The molecule has 0 unspecified atom stereocenters. The van der Waals surface area contributed by atoms with Crippen LogP contribution in [0.15, 0.2) is 24.3 Å². The Labute approximate surface area is 176 Å². The standard InChI is InChI=1S/C21H29F3N2O2.ClH/c1-28-15-19(9-11-25-12-10-19)14-26-18(27)20(7-2-3-8-20)16-5-4-6-17(13-16)21(22,23)24;/h4-6,13,25H,2-3,7-12,14-15H2,1H3,(H,26,27);1H. The smallest absolute Gasteiger partial charge is 0.384 e. The van der Waals surface area contributed by atoms with Crippen molar-refractivity contribution < 1.29 is 22.7 Å². The Morgan fingerprint density at radius 3 is 2.41 bits per heavy atom. The van der Waals surface area contributed by atoms with Crippen LogP contribution in [0.25, 0.3) is 0 Å². The van der Waals surface area contributed by atoms with E-state index in [9.17, 15) is 18.0 Å². The number of methoxy groups -OCH3 is 1. The second-order valence-corrected chi connectivity index (χ2v) is 8.23. The first-order chi connectivity index (χ1) is 13.3. The maximum Gasteiger partial charge on any atom is 0.416 e. The monoisotopic (exact) mass is 434 g/mol. The zero-order valence-electron chi connectivity index (χ0n) is 16.7. The highest BCUT2D eigenvalue weighted by Gasteiger charge is 2.44. The molecule has 1 aromatic rings. The Balaban J connectivity index is 0.00000300. The normalized spacial score (nSPS) is 20.7. The van der Waals surface area contributed by atoms with Crippen LogP contribution < -0.4 is 10.6 Å². The lowest BCUT2D eigenvalue weighted by molar-refractivity contribution is -0.138.